The van der Waals surface area contributed by atoms with Crippen LogP contribution in [0.25, 0.3) is 0 Å². The molecule has 0 N–H and O–H groups in total. The van der Waals surface area contributed by atoms with E-state index >= 15 is 0 Å². The van der Waals surface area contributed by atoms with Crippen molar-refractivity contribution in [2.75, 3.05) is 6.61 Å². The summed E-state index contributed by atoms with van der Waals surface area (Å²) < 4.78 is 4.89. The SMILES string of the molecule is CCOC(=O)C(C)(C#N)Cc1csc(C)n1. The van der Waals surface area contributed by atoms with E-state index in [1.165, 1.54) is 11.3 Å². The molecule has 0 bridgehead atoms. The number of nitrogens with zero attached hydrogens (tertiary/aromatic N) is 2. The average molecular weight is 238 g/mol. The number of thiazole rings is 1. The highest BCUT2D eigenvalue weighted by atomic mass is 32.1. The van der Waals surface area contributed by atoms with E-state index in [1.807, 2.05) is 18.4 Å². The Morgan fingerprint density at radius 3 is 2.88 bits per heavy atom. The maximum absolute atomic E-state index is 11.6. The number of rotatable bonds is 4. The summed E-state index contributed by atoms with van der Waals surface area (Å²) >= 11 is 1.51. The molecular weight excluding hydrogens is 224 g/mol. The minimum absolute atomic E-state index is 0.284. The first-order chi connectivity index (χ1) is 7.51. The van der Waals surface area contributed by atoms with E-state index in [2.05, 4.69) is 4.98 Å². The Labute approximate surface area is 98.9 Å². The summed E-state index contributed by atoms with van der Waals surface area (Å²) in [6.45, 7) is 5.48. The summed E-state index contributed by atoms with van der Waals surface area (Å²) in [6.07, 6.45) is 0.298. The lowest BCUT2D eigenvalue weighted by molar-refractivity contribution is -0.151. The van der Waals surface area contributed by atoms with Crippen LogP contribution in [0, 0.1) is 23.7 Å². The summed E-state index contributed by atoms with van der Waals surface area (Å²) in [5, 5.41) is 11.9. The quantitative estimate of drug-likeness (QED) is 0.753. The van der Waals surface area contributed by atoms with Gasteiger partial charge in [-0.3, -0.25) is 4.79 Å². The van der Waals surface area contributed by atoms with Gasteiger partial charge in [0, 0.05) is 11.8 Å². The number of aromatic nitrogens is 1. The predicted octanol–water partition coefficient (Wildman–Crippen LogP) is 2.09. The molecule has 5 heteroatoms. The van der Waals surface area contributed by atoms with Gasteiger partial charge in [0.25, 0.3) is 0 Å². The van der Waals surface area contributed by atoms with Gasteiger partial charge in [0.15, 0.2) is 5.41 Å². The zero-order valence-electron chi connectivity index (χ0n) is 9.61. The van der Waals surface area contributed by atoms with Crippen LogP contribution in [0.3, 0.4) is 0 Å². The van der Waals surface area contributed by atoms with E-state index in [9.17, 15) is 4.79 Å². The van der Waals surface area contributed by atoms with Gasteiger partial charge in [-0.25, -0.2) is 4.98 Å². The summed E-state index contributed by atoms with van der Waals surface area (Å²) in [4.78, 5) is 15.9. The van der Waals surface area contributed by atoms with Gasteiger partial charge in [-0.2, -0.15) is 5.26 Å². The van der Waals surface area contributed by atoms with Crippen molar-refractivity contribution in [2.24, 2.45) is 5.41 Å². The molecule has 0 fully saturated rings. The maximum atomic E-state index is 11.6. The normalized spacial score (nSPS) is 13.9. The van der Waals surface area contributed by atoms with Crippen molar-refractivity contribution in [3.8, 4) is 6.07 Å². The molecule has 0 aliphatic rings. The van der Waals surface area contributed by atoms with E-state index < -0.39 is 11.4 Å². The molecule has 0 saturated carbocycles. The molecule has 0 amide bonds. The average Bonchev–Trinajstić information content (AvgIpc) is 2.64. The molecule has 1 aromatic rings. The van der Waals surface area contributed by atoms with Crippen molar-refractivity contribution in [2.45, 2.75) is 27.2 Å². The van der Waals surface area contributed by atoms with Gasteiger partial charge >= 0.3 is 5.97 Å². The highest BCUT2D eigenvalue weighted by Crippen LogP contribution is 2.24. The molecule has 0 spiro atoms. The molecule has 0 radical (unpaired) electrons. The minimum atomic E-state index is -1.14. The molecule has 0 aliphatic heterocycles. The largest absolute Gasteiger partial charge is 0.465 e. The van der Waals surface area contributed by atoms with Crippen molar-refractivity contribution >= 4 is 17.3 Å². The van der Waals surface area contributed by atoms with Crippen molar-refractivity contribution in [1.29, 1.82) is 5.26 Å². The lowest BCUT2D eigenvalue weighted by Crippen LogP contribution is -2.30. The van der Waals surface area contributed by atoms with Crippen LogP contribution in [0.2, 0.25) is 0 Å². The summed E-state index contributed by atoms with van der Waals surface area (Å²) in [5.74, 6) is -0.483. The highest BCUT2D eigenvalue weighted by molar-refractivity contribution is 7.09. The van der Waals surface area contributed by atoms with Crippen molar-refractivity contribution in [3.63, 3.8) is 0 Å². The van der Waals surface area contributed by atoms with E-state index in [0.29, 0.717) is 6.42 Å². The van der Waals surface area contributed by atoms with Crippen LogP contribution >= 0.6 is 11.3 Å². The third-order valence-electron chi connectivity index (χ3n) is 2.17. The van der Waals surface area contributed by atoms with E-state index in [4.69, 9.17) is 10.00 Å². The molecule has 1 heterocycles. The zero-order valence-corrected chi connectivity index (χ0v) is 10.4. The molecule has 86 valence electrons. The van der Waals surface area contributed by atoms with Gasteiger partial charge in [0.2, 0.25) is 0 Å². The lowest BCUT2D eigenvalue weighted by atomic mass is 9.87. The Balaban J connectivity index is 2.82. The Kier molecular flexibility index (Phi) is 4.02. The van der Waals surface area contributed by atoms with Crippen molar-refractivity contribution in [1.82, 2.24) is 4.98 Å². The van der Waals surface area contributed by atoms with Crippen LogP contribution in [0.5, 0.6) is 0 Å². The molecule has 1 unspecified atom stereocenters. The van der Waals surface area contributed by atoms with Gasteiger partial charge in [-0.1, -0.05) is 0 Å². The van der Waals surface area contributed by atoms with Crippen LogP contribution in [0.1, 0.15) is 24.5 Å². The topological polar surface area (TPSA) is 63.0 Å². The molecular formula is C11H14N2O2S. The molecule has 0 saturated heterocycles. The van der Waals surface area contributed by atoms with Gasteiger partial charge in [-0.05, 0) is 20.8 Å². The van der Waals surface area contributed by atoms with Crippen LogP contribution < -0.4 is 0 Å². The van der Waals surface area contributed by atoms with E-state index in [-0.39, 0.29) is 6.61 Å². The first-order valence-electron chi connectivity index (χ1n) is 5.01. The van der Waals surface area contributed by atoms with Gasteiger partial charge in [-0.15, -0.1) is 11.3 Å². The Morgan fingerprint density at radius 1 is 1.75 bits per heavy atom. The molecule has 0 aliphatic carbocycles. The highest BCUT2D eigenvalue weighted by Gasteiger charge is 2.35. The van der Waals surface area contributed by atoms with E-state index in [0.717, 1.165) is 10.7 Å². The Bertz CT molecular complexity index is 422. The number of aryl methyl sites for hydroxylation is 1. The molecule has 1 aromatic heterocycles. The number of hydrogen-bond acceptors (Lipinski definition) is 5. The lowest BCUT2D eigenvalue weighted by Gasteiger charge is -2.17. The predicted molar refractivity (Wildman–Crippen MR) is 60.9 cm³/mol. The summed E-state index contributed by atoms with van der Waals surface area (Å²) in [6, 6.07) is 2.01. The van der Waals surface area contributed by atoms with Crippen LogP contribution in [-0.2, 0) is 16.0 Å². The first kappa shape index (κ1) is 12.7. The number of ether oxygens (including phenoxy) is 1. The monoisotopic (exact) mass is 238 g/mol. The zero-order chi connectivity index (χ0) is 12.2. The Morgan fingerprint density at radius 2 is 2.44 bits per heavy atom. The standard InChI is InChI=1S/C11H14N2O2S/c1-4-15-10(14)11(3,7-12)5-9-6-16-8(2)13-9/h6H,4-5H2,1-3H3. The number of nitriles is 1. The second kappa shape index (κ2) is 5.08. The fourth-order valence-corrected chi connectivity index (χ4v) is 1.91. The minimum Gasteiger partial charge on any atom is -0.465 e. The molecule has 4 nitrogen and oxygen atoms in total. The van der Waals surface area contributed by atoms with Crippen LogP contribution in [-0.4, -0.2) is 17.6 Å². The summed E-state index contributed by atoms with van der Waals surface area (Å²) in [5.41, 5.74) is -0.379. The number of carbonyl (C=O) groups is 1. The van der Waals surface area contributed by atoms with Gasteiger partial charge < -0.3 is 4.74 Å². The fourth-order valence-electron chi connectivity index (χ4n) is 1.30. The first-order valence-corrected chi connectivity index (χ1v) is 5.89. The van der Waals surface area contributed by atoms with Crippen LogP contribution in [0.4, 0.5) is 0 Å². The number of carbonyl (C=O) groups excluding carboxylic acids is 1. The second-order valence-electron chi connectivity index (χ2n) is 3.70. The molecule has 1 rings (SSSR count). The third kappa shape index (κ3) is 2.80. The molecule has 16 heavy (non-hydrogen) atoms. The second-order valence-corrected chi connectivity index (χ2v) is 4.76. The number of esters is 1. The van der Waals surface area contributed by atoms with Crippen molar-refractivity contribution in [3.05, 3.63) is 16.1 Å². The molecule has 0 aromatic carbocycles. The number of hydrogen-bond donors (Lipinski definition) is 0. The Hall–Kier alpha value is -1.41. The fraction of sp³-hybridized carbons (Fsp3) is 0.545. The maximum Gasteiger partial charge on any atom is 0.326 e. The smallest absolute Gasteiger partial charge is 0.326 e. The third-order valence-corrected chi connectivity index (χ3v) is 3.00. The van der Waals surface area contributed by atoms with Gasteiger partial charge in [0.1, 0.15) is 0 Å². The van der Waals surface area contributed by atoms with Crippen molar-refractivity contribution < 1.29 is 9.53 Å². The van der Waals surface area contributed by atoms with Crippen LogP contribution in [0.15, 0.2) is 5.38 Å². The van der Waals surface area contributed by atoms with E-state index in [1.54, 1.807) is 13.8 Å². The van der Waals surface area contributed by atoms with Gasteiger partial charge in [0.05, 0.1) is 23.4 Å². The molecule has 1 atom stereocenters. The summed E-state index contributed by atoms with van der Waals surface area (Å²) in [7, 11) is 0.